The van der Waals surface area contributed by atoms with Gasteiger partial charge in [0.15, 0.2) is 0 Å². The van der Waals surface area contributed by atoms with E-state index >= 15 is 0 Å². The van der Waals surface area contributed by atoms with Crippen LogP contribution in [0.15, 0.2) is 35.0 Å². The molecule has 0 spiro atoms. The molecule has 0 radical (unpaired) electrons. The Kier molecular flexibility index (Phi) is 4.63. The molecule has 9 heteroatoms. The number of phenolic OH excluding ortho intramolecular Hbond substituents is 4. The number of phenols is 4. The SMILES string of the molecule is COc1cc(O)c(C2=C(O)C(c3c(O)cc(OC)cc3O)/C2=N/C#N)c(O)c1. The van der Waals surface area contributed by atoms with Gasteiger partial charge in [0.25, 0.3) is 0 Å². The second-order valence-corrected chi connectivity index (χ2v) is 5.91. The van der Waals surface area contributed by atoms with Crippen molar-refractivity contribution >= 4 is 11.3 Å². The minimum atomic E-state index is -1.14. The number of methoxy groups -OCH3 is 2. The summed E-state index contributed by atoms with van der Waals surface area (Å²) in [6.45, 7) is 0. The van der Waals surface area contributed by atoms with Crippen LogP contribution in [0.5, 0.6) is 34.5 Å². The van der Waals surface area contributed by atoms with Gasteiger partial charge in [-0.25, -0.2) is 0 Å². The van der Waals surface area contributed by atoms with Gasteiger partial charge >= 0.3 is 0 Å². The third kappa shape index (κ3) is 2.77. The number of nitrogens with zero attached hydrogens (tertiary/aromatic N) is 2. The Morgan fingerprint density at radius 3 is 1.75 bits per heavy atom. The summed E-state index contributed by atoms with van der Waals surface area (Å²) in [5.74, 6) is -2.77. The van der Waals surface area contributed by atoms with E-state index in [1.165, 1.54) is 38.5 Å². The number of nitriles is 1. The highest BCUT2D eigenvalue weighted by molar-refractivity contribution is 6.36. The maximum Gasteiger partial charge on any atom is 0.205 e. The molecule has 0 bridgehead atoms. The number of ether oxygens (including phenoxy) is 2. The van der Waals surface area contributed by atoms with Gasteiger partial charge in [-0.3, -0.25) is 0 Å². The van der Waals surface area contributed by atoms with E-state index in [0.717, 1.165) is 0 Å². The molecule has 1 unspecified atom stereocenters. The lowest BCUT2D eigenvalue weighted by atomic mass is 9.73. The van der Waals surface area contributed by atoms with Crippen LogP contribution in [0.2, 0.25) is 0 Å². The van der Waals surface area contributed by atoms with E-state index in [9.17, 15) is 25.5 Å². The third-order valence-electron chi connectivity index (χ3n) is 4.42. The number of allylic oxidation sites excluding steroid dienone is 2. The molecule has 0 saturated carbocycles. The Morgan fingerprint density at radius 2 is 1.32 bits per heavy atom. The number of benzene rings is 2. The summed E-state index contributed by atoms with van der Waals surface area (Å²) in [6, 6.07) is 4.89. The summed E-state index contributed by atoms with van der Waals surface area (Å²) in [5, 5.41) is 60.6. The molecule has 2 aromatic carbocycles. The molecule has 1 aliphatic carbocycles. The molecule has 28 heavy (non-hydrogen) atoms. The summed E-state index contributed by atoms with van der Waals surface area (Å²) in [4.78, 5) is 3.64. The first-order chi connectivity index (χ1) is 13.3. The quantitative estimate of drug-likeness (QED) is 0.503. The highest BCUT2D eigenvalue weighted by Crippen LogP contribution is 2.53. The number of aliphatic imine (C=N–C) groups is 1. The van der Waals surface area contributed by atoms with Crippen LogP contribution in [0, 0.1) is 11.5 Å². The molecule has 9 nitrogen and oxygen atoms in total. The molecule has 144 valence electrons. The normalized spacial score (nSPS) is 17.2. The Labute approximate surface area is 159 Å². The first-order valence-electron chi connectivity index (χ1n) is 7.94. The van der Waals surface area contributed by atoms with Crippen molar-refractivity contribution in [2.24, 2.45) is 4.99 Å². The lowest BCUT2D eigenvalue weighted by Crippen LogP contribution is -2.29. The van der Waals surface area contributed by atoms with Crippen LogP contribution in [0.25, 0.3) is 5.57 Å². The number of aliphatic hydroxyl groups excluding tert-OH is 1. The van der Waals surface area contributed by atoms with Crippen LogP contribution in [0.3, 0.4) is 0 Å². The van der Waals surface area contributed by atoms with Crippen molar-refractivity contribution in [3.05, 3.63) is 41.2 Å². The first kappa shape index (κ1) is 18.7. The lowest BCUT2D eigenvalue weighted by molar-refractivity contribution is 0.365. The van der Waals surface area contributed by atoms with Gasteiger partial charge < -0.3 is 35.0 Å². The van der Waals surface area contributed by atoms with Crippen LogP contribution in [0.1, 0.15) is 17.0 Å². The fraction of sp³-hybridized carbons (Fsp3) is 0.158. The molecule has 2 aromatic rings. The summed E-state index contributed by atoms with van der Waals surface area (Å²) in [7, 11) is 2.70. The number of hydrogen-bond donors (Lipinski definition) is 5. The van der Waals surface area contributed by atoms with Gasteiger partial charge in [0.05, 0.1) is 42.5 Å². The first-order valence-corrected chi connectivity index (χ1v) is 7.94. The summed E-state index contributed by atoms with van der Waals surface area (Å²) in [5.41, 5.74) is -0.384. The predicted octanol–water partition coefficient (Wildman–Crippen LogP) is 2.51. The Balaban J connectivity index is 2.21. The largest absolute Gasteiger partial charge is 0.511 e. The van der Waals surface area contributed by atoms with Gasteiger partial charge in [-0.2, -0.15) is 10.3 Å². The van der Waals surface area contributed by atoms with Gasteiger partial charge in [-0.05, 0) is 0 Å². The lowest BCUT2D eigenvalue weighted by Gasteiger charge is -2.32. The van der Waals surface area contributed by atoms with Gasteiger partial charge in [-0.1, -0.05) is 0 Å². The zero-order valence-corrected chi connectivity index (χ0v) is 14.8. The van der Waals surface area contributed by atoms with Crippen molar-refractivity contribution in [1.29, 1.82) is 5.26 Å². The molecule has 0 fully saturated rings. The smallest absolute Gasteiger partial charge is 0.205 e. The van der Waals surface area contributed by atoms with E-state index in [2.05, 4.69) is 4.99 Å². The van der Waals surface area contributed by atoms with Crippen LogP contribution in [-0.4, -0.2) is 45.5 Å². The molecule has 0 heterocycles. The average Bonchev–Trinajstić information content (AvgIpc) is 2.66. The van der Waals surface area contributed by atoms with Gasteiger partial charge in [0, 0.05) is 24.3 Å². The maximum atomic E-state index is 10.6. The van der Waals surface area contributed by atoms with E-state index in [-0.39, 0.29) is 45.4 Å². The van der Waals surface area contributed by atoms with Crippen LogP contribution >= 0.6 is 0 Å². The highest BCUT2D eigenvalue weighted by atomic mass is 16.5. The standard InChI is InChI=1S/C19H16N2O7/c1-27-8-3-10(22)14(11(23)4-8)16-18(21-7-20)17(19(16)26)15-12(24)5-9(28-2)6-13(15)25/h3-6,16,22-26H,1-2H3/b21-18-. The average molecular weight is 384 g/mol. The van der Waals surface area contributed by atoms with Crippen molar-refractivity contribution < 1.29 is 35.0 Å². The van der Waals surface area contributed by atoms with Gasteiger partial charge in [0.1, 0.15) is 40.3 Å². The minimum absolute atomic E-state index is 0.0495. The van der Waals surface area contributed by atoms with E-state index in [0.29, 0.717) is 0 Å². The second kappa shape index (κ2) is 6.92. The summed E-state index contributed by atoms with van der Waals surface area (Å²) < 4.78 is 9.90. The van der Waals surface area contributed by atoms with E-state index in [1.54, 1.807) is 6.19 Å². The fourth-order valence-electron chi connectivity index (χ4n) is 3.15. The van der Waals surface area contributed by atoms with Crippen molar-refractivity contribution in [2.45, 2.75) is 5.92 Å². The highest BCUT2D eigenvalue weighted by Gasteiger charge is 2.44. The van der Waals surface area contributed by atoms with E-state index in [1.807, 2.05) is 0 Å². The van der Waals surface area contributed by atoms with E-state index in [4.69, 9.17) is 14.7 Å². The molecule has 3 rings (SSSR count). The zero-order chi connectivity index (χ0) is 20.6. The van der Waals surface area contributed by atoms with E-state index < -0.39 is 23.2 Å². The second-order valence-electron chi connectivity index (χ2n) is 5.91. The third-order valence-corrected chi connectivity index (χ3v) is 4.42. The Morgan fingerprint density at radius 1 is 0.857 bits per heavy atom. The van der Waals surface area contributed by atoms with Crippen LogP contribution in [0.4, 0.5) is 0 Å². The van der Waals surface area contributed by atoms with Gasteiger partial charge in [0.2, 0.25) is 6.19 Å². The number of rotatable bonds is 4. The monoisotopic (exact) mass is 384 g/mol. The van der Waals surface area contributed by atoms with Crippen LogP contribution in [-0.2, 0) is 0 Å². The molecular formula is C19H16N2O7. The minimum Gasteiger partial charge on any atom is -0.511 e. The van der Waals surface area contributed by atoms with Crippen molar-refractivity contribution in [2.75, 3.05) is 14.2 Å². The molecule has 0 aromatic heterocycles. The Hall–Kier alpha value is -4.06. The molecule has 0 saturated heterocycles. The molecule has 1 atom stereocenters. The molecule has 5 N–H and O–H groups in total. The number of aromatic hydroxyl groups is 4. The number of aliphatic hydroxyl groups is 1. The van der Waals surface area contributed by atoms with Gasteiger partial charge in [-0.15, -0.1) is 0 Å². The molecular weight excluding hydrogens is 368 g/mol. The molecule has 0 aliphatic heterocycles. The van der Waals surface area contributed by atoms with Crippen LogP contribution < -0.4 is 9.47 Å². The molecule has 1 aliphatic rings. The fourth-order valence-corrected chi connectivity index (χ4v) is 3.15. The van der Waals surface area contributed by atoms with Crippen molar-refractivity contribution in [3.8, 4) is 40.7 Å². The summed E-state index contributed by atoms with van der Waals surface area (Å²) >= 11 is 0. The molecule has 0 amide bonds. The maximum absolute atomic E-state index is 10.6. The topological polar surface area (TPSA) is 156 Å². The van der Waals surface area contributed by atoms with Crippen molar-refractivity contribution in [1.82, 2.24) is 0 Å². The Bertz CT molecular complexity index is 1020. The zero-order valence-electron chi connectivity index (χ0n) is 14.8. The number of hydrogen-bond acceptors (Lipinski definition) is 9. The summed E-state index contributed by atoms with van der Waals surface area (Å²) in [6.07, 6.45) is 1.58. The predicted molar refractivity (Wildman–Crippen MR) is 98.0 cm³/mol. The van der Waals surface area contributed by atoms with Crippen molar-refractivity contribution in [3.63, 3.8) is 0 Å².